The van der Waals surface area contributed by atoms with Crippen molar-refractivity contribution in [2.75, 3.05) is 34.3 Å². The Kier molecular flexibility index (Phi) is 7.17. The third-order valence-corrected chi connectivity index (χ3v) is 4.06. The molecule has 138 valence electrons. The molecule has 0 spiro atoms. The van der Waals surface area contributed by atoms with Crippen LogP contribution < -0.4 is 15.4 Å². The maximum atomic E-state index is 12.1. The highest BCUT2D eigenvalue weighted by atomic mass is 16.5. The monoisotopic (exact) mass is 355 g/mol. The maximum Gasteiger partial charge on any atom is 0.251 e. The van der Waals surface area contributed by atoms with E-state index in [0.717, 1.165) is 11.3 Å². The van der Waals surface area contributed by atoms with Gasteiger partial charge in [-0.25, -0.2) is 0 Å². The highest BCUT2D eigenvalue weighted by molar-refractivity contribution is 5.96. The van der Waals surface area contributed by atoms with Crippen molar-refractivity contribution in [2.45, 2.75) is 6.04 Å². The summed E-state index contributed by atoms with van der Waals surface area (Å²) < 4.78 is 5.17. The lowest BCUT2D eigenvalue weighted by Gasteiger charge is -2.25. The van der Waals surface area contributed by atoms with E-state index >= 15 is 0 Å². The fourth-order valence-electron chi connectivity index (χ4n) is 2.55. The first-order chi connectivity index (χ1) is 12.5. The molecule has 0 bridgehead atoms. The third kappa shape index (κ3) is 5.60. The van der Waals surface area contributed by atoms with E-state index in [2.05, 4.69) is 10.6 Å². The fourth-order valence-corrected chi connectivity index (χ4v) is 2.55. The Balaban J connectivity index is 1.86. The van der Waals surface area contributed by atoms with Gasteiger partial charge in [-0.1, -0.05) is 30.3 Å². The summed E-state index contributed by atoms with van der Waals surface area (Å²) in [5, 5.41) is 5.50. The van der Waals surface area contributed by atoms with Gasteiger partial charge >= 0.3 is 0 Å². The molecule has 0 fully saturated rings. The molecule has 0 aliphatic heterocycles. The Morgan fingerprint density at radius 3 is 2.23 bits per heavy atom. The lowest BCUT2D eigenvalue weighted by Crippen LogP contribution is -2.40. The van der Waals surface area contributed by atoms with E-state index in [1.807, 2.05) is 49.3 Å². The SMILES string of the molecule is COc1ccc(C(CNC(=O)CNC(=O)c2ccccc2)N(C)C)cc1. The second-order valence-electron chi connectivity index (χ2n) is 6.11. The van der Waals surface area contributed by atoms with Crippen LogP contribution in [0.25, 0.3) is 0 Å². The molecule has 6 heteroatoms. The zero-order valence-corrected chi connectivity index (χ0v) is 15.4. The van der Waals surface area contributed by atoms with Gasteiger partial charge in [0.1, 0.15) is 5.75 Å². The number of nitrogens with one attached hydrogen (secondary N) is 2. The van der Waals surface area contributed by atoms with Crippen LogP contribution in [0.3, 0.4) is 0 Å². The van der Waals surface area contributed by atoms with Gasteiger partial charge in [-0.3, -0.25) is 9.59 Å². The smallest absolute Gasteiger partial charge is 0.251 e. The first-order valence-corrected chi connectivity index (χ1v) is 8.41. The number of carbonyl (C=O) groups excluding carboxylic acids is 2. The van der Waals surface area contributed by atoms with Gasteiger partial charge < -0.3 is 20.3 Å². The van der Waals surface area contributed by atoms with Gasteiger partial charge in [-0.2, -0.15) is 0 Å². The van der Waals surface area contributed by atoms with E-state index in [9.17, 15) is 9.59 Å². The van der Waals surface area contributed by atoms with Crippen LogP contribution in [0.1, 0.15) is 22.0 Å². The minimum Gasteiger partial charge on any atom is -0.497 e. The Morgan fingerprint density at radius 1 is 1.00 bits per heavy atom. The van der Waals surface area contributed by atoms with Crippen molar-refractivity contribution in [1.29, 1.82) is 0 Å². The number of methoxy groups -OCH3 is 1. The largest absolute Gasteiger partial charge is 0.497 e. The van der Waals surface area contributed by atoms with Crippen LogP contribution in [-0.4, -0.2) is 51.0 Å². The molecule has 1 atom stereocenters. The van der Waals surface area contributed by atoms with Gasteiger partial charge in [-0.05, 0) is 43.9 Å². The van der Waals surface area contributed by atoms with E-state index in [1.165, 1.54) is 0 Å². The average Bonchev–Trinajstić information content (AvgIpc) is 2.67. The van der Waals surface area contributed by atoms with E-state index in [1.54, 1.807) is 31.4 Å². The minimum absolute atomic E-state index is 0.0229. The van der Waals surface area contributed by atoms with Crippen molar-refractivity contribution in [3.8, 4) is 5.75 Å². The van der Waals surface area contributed by atoms with Crippen LogP contribution in [0, 0.1) is 0 Å². The molecule has 0 radical (unpaired) electrons. The van der Waals surface area contributed by atoms with Gasteiger partial charge in [-0.15, -0.1) is 0 Å². The highest BCUT2D eigenvalue weighted by Gasteiger charge is 2.16. The summed E-state index contributed by atoms with van der Waals surface area (Å²) in [5.74, 6) is 0.300. The van der Waals surface area contributed by atoms with Crippen molar-refractivity contribution in [3.05, 3.63) is 65.7 Å². The second-order valence-corrected chi connectivity index (χ2v) is 6.11. The normalized spacial score (nSPS) is 11.7. The van der Waals surface area contributed by atoms with Crippen LogP contribution in [0.15, 0.2) is 54.6 Å². The molecule has 2 rings (SSSR count). The molecule has 0 aromatic heterocycles. The van der Waals surface area contributed by atoms with Crippen molar-refractivity contribution in [3.63, 3.8) is 0 Å². The van der Waals surface area contributed by atoms with Crippen molar-refractivity contribution >= 4 is 11.8 Å². The lowest BCUT2D eigenvalue weighted by molar-refractivity contribution is -0.120. The molecule has 0 heterocycles. The number of ether oxygens (including phenoxy) is 1. The molecule has 0 saturated heterocycles. The molecular formula is C20H25N3O3. The molecule has 6 nitrogen and oxygen atoms in total. The van der Waals surface area contributed by atoms with E-state index < -0.39 is 0 Å². The van der Waals surface area contributed by atoms with Crippen molar-refractivity contribution in [1.82, 2.24) is 15.5 Å². The molecule has 2 aromatic carbocycles. The zero-order valence-electron chi connectivity index (χ0n) is 15.4. The standard InChI is InChI=1S/C20H25N3O3/c1-23(2)18(15-9-11-17(26-3)12-10-15)13-21-19(24)14-22-20(25)16-7-5-4-6-8-16/h4-12,18H,13-14H2,1-3H3,(H,21,24)(H,22,25). The van der Waals surface area contributed by atoms with Crippen LogP contribution >= 0.6 is 0 Å². The predicted molar refractivity (Wildman–Crippen MR) is 101 cm³/mol. The number of benzene rings is 2. The molecular weight excluding hydrogens is 330 g/mol. The minimum atomic E-state index is -0.264. The first-order valence-electron chi connectivity index (χ1n) is 8.41. The Bertz CT molecular complexity index is 715. The molecule has 26 heavy (non-hydrogen) atoms. The second kappa shape index (κ2) is 9.58. The molecule has 2 N–H and O–H groups in total. The van der Waals surface area contributed by atoms with Gasteiger partial charge in [0.15, 0.2) is 0 Å². The molecule has 0 saturated carbocycles. The number of hydrogen-bond donors (Lipinski definition) is 2. The zero-order chi connectivity index (χ0) is 18.9. The maximum absolute atomic E-state index is 12.1. The topological polar surface area (TPSA) is 70.7 Å². The number of amides is 2. The van der Waals surface area contributed by atoms with Gasteiger partial charge in [0.05, 0.1) is 19.7 Å². The summed E-state index contributed by atoms with van der Waals surface area (Å²) >= 11 is 0. The number of rotatable bonds is 8. The van der Waals surface area contributed by atoms with E-state index in [-0.39, 0.29) is 24.4 Å². The van der Waals surface area contributed by atoms with Crippen LogP contribution in [0.4, 0.5) is 0 Å². The summed E-state index contributed by atoms with van der Waals surface area (Å²) in [5.41, 5.74) is 1.61. The van der Waals surface area contributed by atoms with Crippen molar-refractivity contribution < 1.29 is 14.3 Å². The molecule has 2 aromatic rings. The first kappa shape index (κ1) is 19.5. The van der Waals surface area contributed by atoms with Crippen molar-refractivity contribution in [2.24, 2.45) is 0 Å². The summed E-state index contributed by atoms with van der Waals surface area (Å²) in [6, 6.07) is 16.6. The number of hydrogen-bond acceptors (Lipinski definition) is 4. The van der Waals surface area contributed by atoms with E-state index in [0.29, 0.717) is 12.1 Å². The summed E-state index contributed by atoms with van der Waals surface area (Å²) in [7, 11) is 5.54. The molecule has 0 aliphatic rings. The summed E-state index contributed by atoms with van der Waals surface area (Å²) in [6.07, 6.45) is 0. The summed E-state index contributed by atoms with van der Waals surface area (Å²) in [6.45, 7) is 0.385. The lowest BCUT2D eigenvalue weighted by atomic mass is 10.1. The summed E-state index contributed by atoms with van der Waals surface area (Å²) in [4.78, 5) is 26.1. The Hall–Kier alpha value is -2.86. The van der Waals surface area contributed by atoms with Crippen LogP contribution in [0.5, 0.6) is 5.75 Å². The van der Waals surface area contributed by atoms with E-state index in [4.69, 9.17) is 4.74 Å². The van der Waals surface area contributed by atoms with Crippen LogP contribution in [-0.2, 0) is 4.79 Å². The quantitative estimate of drug-likeness (QED) is 0.758. The Morgan fingerprint density at radius 2 is 1.65 bits per heavy atom. The predicted octanol–water partition coefficient (Wildman–Crippen LogP) is 1.84. The van der Waals surface area contributed by atoms with Crippen LogP contribution in [0.2, 0.25) is 0 Å². The van der Waals surface area contributed by atoms with Gasteiger partial charge in [0, 0.05) is 12.1 Å². The number of carbonyl (C=O) groups is 2. The Labute approximate surface area is 154 Å². The average molecular weight is 355 g/mol. The highest BCUT2D eigenvalue weighted by Crippen LogP contribution is 2.20. The number of nitrogens with zero attached hydrogens (tertiary/aromatic N) is 1. The molecule has 1 unspecified atom stereocenters. The third-order valence-electron chi connectivity index (χ3n) is 4.06. The molecule has 0 aliphatic carbocycles. The van der Waals surface area contributed by atoms with Gasteiger partial charge in [0.2, 0.25) is 5.91 Å². The number of likely N-dealkylation sites (N-methyl/N-ethyl adjacent to an activating group) is 1. The van der Waals surface area contributed by atoms with Gasteiger partial charge in [0.25, 0.3) is 5.91 Å². The molecule has 2 amide bonds. The fraction of sp³-hybridized carbons (Fsp3) is 0.300.